The van der Waals surface area contributed by atoms with Crippen molar-refractivity contribution >= 4 is 15.9 Å². The van der Waals surface area contributed by atoms with Gasteiger partial charge < -0.3 is 0 Å². The van der Waals surface area contributed by atoms with Crippen LogP contribution in [-0.2, 0) is 6.42 Å². The van der Waals surface area contributed by atoms with Crippen LogP contribution in [0.3, 0.4) is 0 Å². The fourth-order valence-electron chi connectivity index (χ4n) is 1.80. The third-order valence-corrected chi connectivity index (χ3v) is 3.13. The molecule has 0 heterocycles. The fourth-order valence-corrected chi connectivity index (χ4v) is 2.45. The van der Waals surface area contributed by atoms with E-state index in [1.54, 1.807) is 6.07 Å². The van der Waals surface area contributed by atoms with Crippen molar-refractivity contribution in [2.24, 2.45) is 0 Å². The topological polar surface area (TPSA) is 23.8 Å². The molecule has 1 aliphatic carbocycles. The summed E-state index contributed by atoms with van der Waals surface area (Å²) in [7, 11) is 0. The van der Waals surface area contributed by atoms with E-state index in [2.05, 4.69) is 22.0 Å². The average Bonchev–Trinajstić information content (AvgIpc) is 2.56. The molecule has 1 atom stereocenters. The third kappa shape index (κ3) is 1.26. The number of hydrogen-bond acceptors (Lipinski definition) is 1. The molecule has 0 bridgehead atoms. The molecule has 0 spiro atoms. The molecule has 1 nitrogen and oxygen atoms in total. The molecule has 3 heteroatoms. The highest BCUT2D eigenvalue weighted by Crippen LogP contribution is 2.38. The molecule has 0 saturated heterocycles. The molecule has 0 radical (unpaired) electrons. The monoisotopic (exact) mass is 239 g/mol. The van der Waals surface area contributed by atoms with Crippen LogP contribution >= 0.6 is 15.9 Å². The van der Waals surface area contributed by atoms with E-state index in [1.807, 2.05) is 0 Å². The largest absolute Gasteiger partial charge is 0.207 e. The molecule has 1 aliphatic rings. The van der Waals surface area contributed by atoms with Crippen LogP contribution in [0.15, 0.2) is 16.6 Å². The van der Waals surface area contributed by atoms with Gasteiger partial charge in [0.15, 0.2) is 0 Å². The van der Waals surface area contributed by atoms with Gasteiger partial charge in [0, 0.05) is 4.47 Å². The van der Waals surface area contributed by atoms with Crippen molar-refractivity contribution in [1.82, 2.24) is 0 Å². The van der Waals surface area contributed by atoms with E-state index in [0.29, 0.717) is 12.0 Å². The molecule has 0 aromatic heterocycles. The maximum Gasteiger partial charge on any atom is 0.126 e. The Morgan fingerprint density at radius 1 is 1.54 bits per heavy atom. The lowest BCUT2D eigenvalue weighted by atomic mass is 10.0. The quantitative estimate of drug-likeness (QED) is 0.683. The van der Waals surface area contributed by atoms with E-state index < -0.39 is 0 Å². The van der Waals surface area contributed by atoms with Crippen molar-refractivity contribution in [3.8, 4) is 6.07 Å². The second kappa shape index (κ2) is 3.12. The molecule has 0 amide bonds. The lowest BCUT2D eigenvalue weighted by molar-refractivity contribution is 0.612. The first-order chi connectivity index (χ1) is 6.24. The highest BCUT2D eigenvalue weighted by molar-refractivity contribution is 9.10. The van der Waals surface area contributed by atoms with Crippen LogP contribution in [0.4, 0.5) is 4.39 Å². The van der Waals surface area contributed by atoms with Crippen LogP contribution in [0.2, 0.25) is 0 Å². The maximum atomic E-state index is 13.3. The Kier molecular flexibility index (Phi) is 2.09. The number of hydrogen-bond donors (Lipinski definition) is 0. The molecular formula is C10H7BrFN. The van der Waals surface area contributed by atoms with Crippen LogP contribution in [-0.4, -0.2) is 0 Å². The van der Waals surface area contributed by atoms with E-state index in [9.17, 15) is 4.39 Å². The summed E-state index contributed by atoms with van der Waals surface area (Å²) in [4.78, 5) is 0. The molecule has 0 aliphatic heterocycles. The lowest BCUT2D eigenvalue weighted by Crippen LogP contribution is -1.92. The van der Waals surface area contributed by atoms with Crippen LogP contribution in [0.1, 0.15) is 23.5 Å². The summed E-state index contributed by atoms with van der Waals surface area (Å²) in [5, 5.41) is 8.83. The molecule has 66 valence electrons. The number of benzene rings is 1. The molecule has 0 saturated carbocycles. The van der Waals surface area contributed by atoms with Crippen molar-refractivity contribution in [2.75, 3.05) is 0 Å². The summed E-state index contributed by atoms with van der Waals surface area (Å²) < 4.78 is 14.1. The van der Waals surface area contributed by atoms with E-state index in [4.69, 9.17) is 5.26 Å². The van der Waals surface area contributed by atoms with Gasteiger partial charge in [0.05, 0.1) is 12.0 Å². The summed E-state index contributed by atoms with van der Waals surface area (Å²) >= 11 is 3.34. The van der Waals surface area contributed by atoms with Gasteiger partial charge >= 0.3 is 0 Å². The van der Waals surface area contributed by atoms with E-state index >= 15 is 0 Å². The van der Waals surface area contributed by atoms with Gasteiger partial charge in [-0.05, 0) is 36.1 Å². The highest BCUT2D eigenvalue weighted by Gasteiger charge is 2.26. The van der Waals surface area contributed by atoms with Gasteiger partial charge in [-0.15, -0.1) is 0 Å². The Labute approximate surface area is 84.3 Å². The Hall–Kier alpha value is -0.880. The summed E-state index contributed by atoms with van der Waals surface area (Å²) in [6.45, 7) is 0. The number of halogens is 2. The second-order valence-electron chi connectivity index (χ2n) is 3.14. The van der Waals surface area contributed by atoms with Gasteiger partial charge in [-0.2, -0.15) is 5.26 Å². The van der Waals surface area contributed by atoms with E-state index in [-0.39, 0.29) is 11.7 Å². The van der Waals surface area contributed by atoms with E-state index in [0.717, 1.165) is 16.5 Å². The average molecular weight is 240 g/mol. The molecule has 1 aromatic rings. The Morgan fingerprint density at radius 3 is 3.00 bits per heavy atom. The zero-order chi connectivity index (χ0) is 9.42. The zero-order valence-electron chi connectivity index (χ0n) is 6.85. The minimum Gasteiger partial charge on any atom is -0.207 e. The van der Waals surface area contributed by atoms with Crippen molar-refractivity contribution in [1.29, 1.82) is 5.26 Å². The molecule has 1 unspecified atom stereocenters. The van der Waals surface area contributed by atoms with Crippen LogP contribution in [0, 0.1) is 17.1 Å². The van der Waals surface area contributed by atoms with Gasteiger partial charge in [-0.3, -0.25) is 0 Å². The minimum atomic E-state index is -0.184. The summed E-state index contributed by atoms with van der Waals surface area (Å²) in [6, 6.07) is 5.31. The van der Waals surface area contributed by atoms with Gasteiger partial charge in [-0.25, -0.2) is 4.39 Å². The van der Waals surface area contributed by atoms with Gasteiger partial charge in [-0.1, -0.05) is 15.9 Å². The molecule has 0 fully saturated rings. The predicted octanol–water partition coefficient (Wildman–Crippen LogP) is 3.14. The first-order valence-corrected chi connectivity index (χ1v) is 4.89. The molecule has 2 rings (SSSR count). The first-order valence-electron chi connectivity index (χ1n) is 4.10. The Balaban J connectivity index is 2.63. The zero-order valence-corrected chi connectivity index (χ0v) is 8.44. The van der Waals surface area contributed by atoms with Crippen molar-refractivity contribution in [3.05, 3.63) is 33.5 Å². The Morgan fingerprint density at radius 2 is 2.31 bits per heavy atom. The maximum absolute atomic E-state index is 13.3. The summed E-state index contributed by atoms with van der Waals surface area (Å²) in [5.41, 5.74) is 1.56. The normalized spacial score (nSPS) is 19.6. The van der Waals surface area contributed by atoms with Crippen LogP contribution in [0.5, 0.6) is 0 Å². The van der Waals surface area contributed by atoms with Crippen LogP contribution < -0.4 is 0 Å². The number of rotatable bonds is 0. The molecule has 13 heavy (non-hydrogen) atoms. The molecular weight excluding hydrogens is 233 g/mol. The summed E-state index contributed by atoms with van der Waals surface area (Å²) in [5.74, 6) is -0.323. The van der Waals surface area contributed by atoms with Crippen LogP contribution in [0.25, 0.3) is 0 Å². The van der Waals surface area contributed by atoms with Crippen molar-refractivity contribution < 1.29 is 4.39 Å². The SMILES string of the molecule is N#CC1CCc2c(F)ccc(Br)c21. The van der Waals surface area contributed by atoms with Crippen molar-refractivity contribution in [2.45, 2.75) is 18.8 Å². The number of fused-ring (bicyclic) bond motifs is 1. The van der Waals surface area contributed by atoms with Gasteiger partial charge in [0.1, 0.15) is 5.82 Å². The van der Waals surface area contributed by atoms with Crippen molar-refractivity contribution in [3.63, 3.8) is 0 Å². The minimum absolute atomic E-state index is 0.139. The van der Waals surface area contributed by atoms with E-state index in [1.165, 1.54) is 6.07 Å². The Bertz CT molecular complexity index is 395. The molecule has 0 N–H and O–H groups in total. The second-order valence-corrected chi connectivity index (χ2v) is 4.00. The highest BCUT2D eigenvalue weighted by atomic mass is 79.9. The molecule has 1 aromatic carbocycles. The smallest absolute Gasteiger partial charge is 0.126 e. The van der Waals surface area contributed by atoms with Gasteiger partial charge in [0.2, 0.25) is 0 Å². The first kappa shape index (κ1) is 8.71. The third-order valence-electron chi connectivity index (χ3n) is 2.43. The number of nitriles is 1. The lowest BCUT2D eigenvalue weighted by Gasteiger charge is -2.05. The fraction of sp³-hybridized carbons (Fsp3) is 0.300. The van der Waals surface area contributed by atoms with Gasteiger partial charge in [0.25, 0.3) is 0 Å². The number of nitrogens with zero attached hydrogens (tertiary/aromatic N) is 1. The summed E-state index contributed by atoms with van der Waals surface area (Å²) in [6.07, 6.45) is 1.42. The predicted molar refractivity (Wildman–Crippen MR) is 50.8 cm³/mol. The standard InChI is InChI=1S/C10H7BrFN/c11-8-3-4-9(12)7-2-1-6(5-13)10(7)8/h3-4,6H,1-2H2.